The minimum Gasteiger partial charge on any atom is -0.497 e. The Morgan fingerprint density at radius 2 is 1.78 bits per heavy atom. The number of nitrogens with zero attached hydrogens (tertiary/aromatic N) is 4. The van der Waals surface area contributed by atoms with Crippen molar-refractivity contribution in [3.8, 4) is 22.8 Å². The highest BCUT2D eigenvalue weighted by Crippen LogP contribution is 2.46. The molecule has 2 N–H and O–H groups in total. The number of carbonyl (C=O) groups excluding carboxylic acids is 5. The number of fused-ring (bicyclic) bond motifs is 3. The topological polar surface area (TPSA) is 194 Å². The predicted molar refractivity (Wildman–Crippen MR) is 240 cm³/mol. The van der Waals surface area contributed by atoms with Gasteiger partial charge in [-0.2, -0.15) is 0 Å². The number of hydrogen-bond donors (Lipinski definition) is 2. The van der Waals surface area contributed by atoms with Gasteiger partial charge < -0.3 is 29.3 Å². The lowest BCUT2D eigenvalue weighted by atomic mass is 9.94. The van der Waals surface area contributed by atoms with Gasteiger partial charge in [0.15, 0.2) is 5.72 Å². The first-order chi connectivity index (χ1) is 31.1. The van der Waals surface area contributed by atoms with E-state index in [4.69, 9.17) is 19.2 Å². The molecule has 2 saturated carbocycles. The molecule has 5 fully saturated rings. The molecule has 0 spiro atoms. The van der Waals surface area contributed by atoms with Crippen LogP contribution < -0.4 is 19.5 Å². The number of pyridine rings is 1. The number of cyclic esters (lactones) is 1. The number of likely N-dealkylation sites (tertiary alicyclic amines) is 1. The highest BCUT2D eigenvalue weighted by Gasteiger charge is 2.62. The van der Waals surface area contributed by atoms with Gasteiger partial charge in [-0.05, 0) is 76.8 Å². The van der Waals surface area contributed by atoms with Crippen molar-refractivity contribution in [2.75, 3.05) is 33.3 Å². The third kappa shape index (κ3) is 9.25. The van der Waals surface area contributed by atoms with E-state index in [1.165, 1.54) is 4.90 Å². The SMILES string of the molecule is COc1ccc2c(O[C@@H]3C[C@H]4C(=O)N[C@]5(C(=O)NS(=O)(=O)C6CC6)C[C@H]5/C=C\CCCCC[C@H](CC(=O)N5CC[C@@H](CN6C(=O)OC6(C)C)C5)C(=O)N4C3)cc(-c3ccccc3)nc2c1. The maximum atomic E-state index is 15.1. The maximum absolute atomic E-state index is 15.1. The molecule has 2 aromatic carbocycles. The Bertz CT molecular complexity index is 2510. The van der Waals surface area contributed by atoms with Crippen molar-refractivity contribution in [2.45, 2.75) is 113 Å². The van der Waals surface area contributed by atoms with Gasteiger partial charge in [-0.3, -0.25) is 28.8 Å². The van der Waals surface area contributed by atoms with E-state index in [0.29, 0.717) is 86.3 Å². The molecule has 0 bridgehead atoms. The molecule has 3 aromatic rings. The molecule has 1 aromatic heterocycles. The zero-order valence-corrected chi connectivity index (χ0v) is 38.0. The van der Waals surface area contributed by atoms with Crippen LogP contribution in [0.2, 0.25) is 0 Å². The highest BCUT2D eigenvalue weighted by molar-refractivity contribution is 7.91. The molecule has 65 heavy (non-hydrogen) atoms. The quantitative estimate of drug-likeness (QED) is 0.237. The summed E-state index contributed by atoms with van der Waals surface area (Å²) in [6.07, 6.45) is 8.09. The number of carbonyl (C=O) groups is 5. The second-order valence-corrected chi connectivity index (χ2v) is 21.0. The number of rotatable bonds is 11. The van der Waals surface area contributed by atoms with Crippen molar-refractivity contribution >= 4 is 50.6 Å². The Labute approximate surface area is 379 Å². The highest BCUT2D eigenvalue weighted by atomic mass is 32.2. The van der Waals surface area contributed by atoms with Gasteiger partial charge in [-0.1, -0.05) is 55.3 Å². The van der Waals surface area contributed by atoms with Crippen LogP contribution in [0, 0.1) is 17.8 Å². The number of aromatic nitrogens is 1. The normalized spacial score (nSPS) is 28.4. The number of nitrogens with one attached hydrogen (secondary N) is 2. The van der Waals surface area contributed by atoms with Crippen molar-refractivity contribution in [1.82, 2.24) is 29.7 Å². The Balaban J connectivity index is 1.01. The summed E-state index contributed by atoms with van der Waals surface area (Å²) in [6, 6.07) is 15.9. The van der Waals surface area contributed by atoms with E-state index in [1.807, 2.05) is 80.6 Å². The lowest BCUT2D eigenvalue weighted by Crippen LogP contribution is -2.63. The first kappa shape index (κ1) is 44.5. The van der Waals surface area contributed by atoms with Gasteiger partial charge in [0.25, 0.3) is 5.91 Å². The summed E-state index contributed by atoms with van der Waals surface area (Å²) in [4.78, 5) is 80.0. The molecule has 3 saturated heterocycles. The van der Waals surface area contributed by atoms with Gasteiger partial charge in [0.05, 0.1) is 30.1 Å². The zero-order chi connectivity index (χ0) is 45.7. The second-order valence-electron chi connectivity index (χ2n) is 19.1. The van der Waals surface area contributed by atoms with E-state index in [2.05, 4.69) is 10.0 Å². The van der Waals surface area contributed by atoms with Crippen LogP contribution in [0.3, 0.4) is 0 Å². The molecule has 9 rings (SSSR count). The summed E-state index contributed by atoms with van der Waals surface area (Å²) < 4.78 is 45.9. The number of hydrogen-bond acceptors (Lipinski definition) is 11. The molecular weight excluding hydrogens is 853 g/mol. The summed E-state index contributed by atoms with van der Waals surface area (Å²) in [5.74, 6) is -1.90. The van der Waals surface area contributed by atoms with E-state index < -0.39 is 62.3 Å². The monoisotopic (exact) mass is 910 g/mol. The Kier molecular flexibility index (Phi) is 12.0. The van der Waals surface area contributed by atoms with Crippen LogP contribution in [0.15, 0.2) is 66.7 Å². The fourth-order valence-corrected chi connectivity index (χ4v) is 11.3. The molecule has 0 unspecified atom stereocenters. The van der Waals surface area contributed by atoms with Crippen molar-refractivity contribution in [3.05, 3.63) is 66.7 Å². The molecule has 16 nitrogen and oxygen atoms in total. The van der Waals surface area contributed by atoms with Gasteiger partial charge in [-0.15, -0.1) is 0 Å². The summed E-state index contributed by atoms with van der Waals surface area (Å²) in [5, 5.41) is 3.02. The number of sulfonamides is 1. The lowest BCUT2D eigenvalue weighted by molar-refractivity contribution is -0.166. The van der Waals surface area contributed by atoms with Crippen LogP contribution in [-0.2, 0) is 33.9 Å². The fraction of sp³-hybridized carbons (Fsp3) is 0.542. The van der Waals surface area contributed by atoms with Crippen molar-refractivity contribution in [2.24, 2.45) is 17.8 Å². The van der Waals surface area contributed by atoms with Crippen LogP contribution in [0.4, 0.5) is 4.79 Å². The van der Waals surface area contributed by atoms with Crippen LogP contribution in [0.25, 0.3) is 22.2 Å². The van der Waals surface area contributed by atoms with E-state index in [9.17, 15) is 27.6 Å². The van der Waals surface area contributed by atoms with Crippen LogP contribution >= 0.6 is 0 Å². The average Bonchev–Trinajstić information content (AvgIpc) is 4.17. The van der Waals surface area contributed by atoms with Crippen LogP contribution in [0.5, 0.6) is 11.5 Å². The number of allylic oxidation sites excluding steroid dienone is 1. The smallest absolute Gasteiger partial charge is 0.415 e. The van der Waals surface area contributed by atoms with E-state index in [0.717, 1.165) is 18.4 Å². The minimum absolute atomic E-state index is 0.0222. The maximum Gasteiger partial charge on any atom is 0.415 e. The molecule has 4 aliphatic heterocycles. The number of benzene rings is 2. The van der Waals surface area contributed by atoms with E-state index in [1.54, 1.807) is 16.9 Å². The molecule has 5 heterocycles. The third-order valence-electron chi connectivity index (χ3n) is 14.0. The summed E-state index contributed by atoms with van der Waals surface area (Å²) in [7, 11) is -2.34. The first-order valence-corrected chi connectivity index (χ1v) is 24.5. The van der Waals surface area contributed by atoms with Crippen molar-refractivity contribution in [3.63, 3.8) is 0 Å². The fourth-order valence-electron chi connectivity index (χ4n) is 9.92. The number of methoxy groups -OCH3 is 1. The van der Waals surface area contributed by atoms with Gasteiger partial charge in [-0.25, -0.2) is 18.2 Å². The molecule has 6 atom stereocenters. The number of amides is 5. The molecule has 17 heteroatoms. The summed E-state index contributed by atoms with van der Waals surface area (Å²) in [5.41, 5.74) is -0.0682. The van der Waals surface area contributed by atoms with E-state index in [-0.39, 0.29) is 49.6 Å². The summed E-state index contributed by atoms with van der Waals surface area (Å²) in [6.45, 7) is 5.12. The molecule has 6 aliphatic rings. The predicted octanol–water partition coefficient (Wildman–Crippen LogP) is 5.31. The zero-order valence-electron chi connectivity index (χ0n) is 37.2. The Hall–Kier alpha value is -5.71. The third-order valence-corrected chi connectivity index (χ3v) is 15.8. The van der Waals surface area contributed by atoms with E-state index >= 15 is 4.79 Å². The average molecular weight is 911 g/mol. The van der Waals surface area contributed by atoms with Crippen molar-refractivity contribution < 1.29 is 46.6 Å². The van der Waals surface area contributed by atoms with Gasteiger partial charge in [0, 0.05) is 67.4 Å². The molecule has 2 aliphatic carbocycles. The second kappa shape index (κ2) is 17.6. The van der Waals surface area contributed by atoms with Gasteiger partial charge >= 0.3 is 6.09 Å². The minimum atomic E-state index is -3.92. The van der Waals surface area contributed by atoms with Gasteiger partial charge in [0.2, 0.25) is 27.7 Å². The van der Waals surface area contributed by atoms with Gasteiger partial charge in [0.1, 0.15) is 29.2 Å². The molecule has 5 amide bonds. The van der Waals surface area contributed by atoms with Crippen molar-refractivity contribution in [1.29, 1.82) is 0 Å². The lowest BCUT2D eigenvalue weighted by Gasteiger charge is -2.47. The molecular formula is C48H58N6O10S. The standard InChI is InChI=1S/C48H58N6O10S/c1-47(2)54(46(59)64-47)28-30-20-21-52(27-30)42(55)22-32-14-8-5-4-6-11-15-33-26-48(33,45(58)51-65(60,61)36-17-18-36)50-43(56)40-24-35(29-53(40)44(32)57)63-41-25-38(31-12-9-7-10-13-31)49-39-23-34(62-3)16-19-37(39)41/h7,9-13,15-16,19,23,25,30,32-33,35-36,40H,4-6,8,14,17-18,20-22,24,26-29H2,1-3H3,(H,50,56)(H,51,58)/b15-11-/t30-,32-,33-,35-,40+,48-/m1/s1. The first-order valence-electron chi connectivity index (χ1n) is 23.0. The Morgan fingerprint density at radius 3 is 2.52 bits per heavy atom. The summed E-state index contributed by atoms with van der Waals surface area (Å²) >= 11 is 0. The molecule has 346 valence electrons. The molecule has 0 radical (unpaired) electrons. The Morgan fingerprint density at radius 1 is 0.985 bits per heavy atom. The van der Waals surface area contributed by atoms with Crippen LogP contribution in [-0.4, -0.2) is 120 Å². The largest absolute Gasteiger partial charge is 0.497 e. The number of ether oxygens (including phenoxy) is 3. The van der Waals surface area contributed by atoms with Crippen LogP contribution in [0.1, 0.15) is 84.5 Å².